The molecule has 0 saturated carbocycles. The maximum atomic E-state index is 13.6. The summed E-state index contributed by atoms with van der Waals surface area (Å²) in [6.45, 7) is 5.39. The normalized spacial score (nSPS) is 11.3. The lowest BCUT2D eigenvalue weighted by Gasteiger charge is -2.07. The zero-order valence-corrected chi connectivity index (χ0v) is 14.1. The SMILES string of the molecule is CCOC(=O)Nc1snc(C)c1/C(C)=N/Nc1ccc(F)cc1F. The molecule has 0 aliphatic heterocycles. The van der Waals surface area contributed by atoms with Gasteiger partial charge in [0.1, 0.15) is 10.8 Å². The van der Waals surface area contributed by atoms with Gasteiger partial charge in [-0.1, -0.05) is 0 Å². The molecule has 0 aliphatic carbocycles. The third-order valence-corrected chi connectivity index (χ3v) is 3.84. The largest absolute Gasteiger partial charge is 0.450 e. The second kappa shape index (κ2) is 7.82. The van der Waals surface area contributed by atoms with Gasteiger partial charge in [0.15, 0.2) is 5.82 Å². The number of rotatable bonds is 5. The van der Waals surface area contributed by atoms with E-state index in [0.29, 0.717) is 22.0 Å². The van der Waals surface area contributed by atoms with Crippen LogP contribution in [-0.2, 0) is 4.74 Å². The molecule has 128 valence electrons. The Labute approximate surface area is 141 Å². The predicted molar refractivity (Wildman–Crippen MR) is 89.7 cm³/mol. The zero-order valence-electron chi connectivity index (χ0n) is 13.3. The second-order valence-corrected chi connectivity index (χ2v) is 5.52. The highest BCUT2D eigenvalue weighted by Gasteiger charge is 2.16. The van der Waals surface area contributed by atoms with E-state index < -0.39 is 17.7 Å². The van der Waals surface area contributed by atoms with Gasteiger partial charge in [-0.3, -0.25) is 10.7 Å². The molecule has 2 N–H and O–H groups in total. The molecule has 1 heterocycles. The van der Waals surface area contributed by atoms with E-state index in [-0.39, 0.29) is 12.3 Å². The molecule has 1 amide bonds. The molecule has 0 fully saturated rings. The molecule has 1 aromatic carbocycles. The summed E-state index contributed by atoms with van der Waals surface area (Å²) in [5, 5.41) is 7.15. The molecule has 1 aromatic heterocycles. The van der Waals surface area contributed by atoms with Gasteiger partial charge in [0.2, 0.25) is 0 Å². The second-order valence-electron chi connectivity index (χ2n) is 4.75. The fourth-order valence-electron chi connectivity index (χ4n) is 1.92. The van der Waals surface area contributed by atoms with E-state index in [2.05, 4.69) is 20.2 Å². The van der Waals surface area contributed by atoms with Gasteiger partial charge < -0.3 is 4.74 Å². The fraction of sp³-hybridized carbons (Fsp3) is 0.267. The number of carbonyl (C=O) groups is 1. The van der Waals surface area contributed by atoms with Crippen LogP contribution in [0.2, 0.25) is 0 Å². The van der Waals surface area contributed by atoms with Crippen LogP contribution in [0.25, 0.3) is 0 Å². The molecule has 0 atom stereocenters. The number of hydrogen-bond acceptors (Lipinski definition) is 6. The maximum absolute atomic E-state index is 13.6. The van der Waals surface area contributed by atoms with Gasteiger partial charge in [-0.2, -0.15) is 9.47 Å². The van der Waals surface area contributed by atoms with Crippen LogP contribution < -0.4 is 10.7 Å². The first-order chi connectivity index (χ1) is 11.4. The monoisotopic (exact) mass is 354 g/mol. The van der Waals surface area contributed by atoms with Crippen LogP contribution in [0.1, 0.15) is 25.1 Å². The summed E-state index contributed by atoms with van der Waals surface area (Å²) in [5.41, 5.74) is 4.34. The van der Waals surface area contributed by atoms with E-state index >= 15 is 0 Å². The summed E-state index contributed by atoms with van der Waals surface area (Å²) in [5.74, 6) is -1.42. The minimum Gasteiger partial charge on any atom is -0.450 e. The topological polar surface area (TPSA) is 75.6 Å². The minimum absolute atomic E-state index is 0.0384. The first kappa shape index (κ1) is 17.8. The van der Waals surface area contributed by atoms with Crippen LogP contribution >= 0.6 is 11.5 Å². The number of benzene rings is 1. The van der Waals surface area contributed by atoms with Crippen molar-refractivity contribution >= 4 is 34.0 Å². The summed E-state index contributed by atoms with van der Waals surface area (Å²) in [4.78, 5) is 11.6. The molecule has 0 aliphatic rings. The zero-order chi connectivity index (χ0) is 17.7. The summed E-state index contributed by atoms with van der Waals surface area (Å²) in [7, 11) is 0. The van der Waals surface area contributed by atoms with Gasteiger partial charge >= 0.3 is 6.09 Å². The molecular formula is C15H16F2N4O2S. The van der Waals surface area contributed by atoms with Gasteiger partial charge in [0.25, 0.3) is 0 Å². The van der Waals surface area contributed by atoms with Gasteiger partial charge in [0.05, 0.1) is 29.3 Å². The van der Waals surface area contributed by atoms with Crippen LogP contribution in [0.4, 0.5) is 24.3 Å². The Bertz CT molecular complexity index is 777. The number of ether oxygens (including phenoxy) is 1. The summed E-state index contributed by atoms with van der Waals surface area (Å²) in [6, 6.07) is 3.14. The van der Waals surface area contributed by atoms with E-state index in [4.69, 9.17) is 4.74 Å². The van der Waals surface area contributed by atoms with Crippen molar-refractivity contribution in [2.24, 2.45) is 5.10 Å². The van der Waals surface area contributed by atoms with Gasteiger partial charge in [0, 0.05) is 6.07 Å². The van der Waals surface area contributed by atoms with Crippen molar-refractivity contribution in [3.05, 3.63) is 41.1 Å². The highest BCUT2D eigenvalue weighted by molar-refractivity contribution is 7.11. The Kier molecular flexibility index (Phi) is 5.80. The molecule has 9 heteroatoms. The molecule has 0 radical (unpaired) electrons. The average molecular weight is 354 g/mol. The number of aromatic nitrogens is 1. The van der Waals surface area contributed by atoms with Gasteiger partial charge in [-0.15, -0.1) is 0 Å². The fourth-order valence-corrected chi connectivity index (χ4v) is 2.76. The summed E-state index contributed by atoms with van der Waals surface area (Å²) >= 11 is 1.09. The molecule has 0 saturated heterocycles. The van der Waals surface area contributed by atoms with Crippen LogP contribution in [-0.4, -0.2) is 22.8 Å². The lowest BCUT2D eigenvalue weighted by Crippen LogP contribution is -2.14. The molecule has 2 rings (SSSR count). The van der Waals surface area contributed by atoms with Crippen molar-refractivity contribution in [2.45, 2.75) is 20.8 Å². The third kappa shape index (κ3) is 4.25. The Balaban J connectivity index is 2.20. The first-order valence-electron chi connectivity index (χ1n) is 7.08. The molecule has 0 bridgehead atoms. The number of nitrogens with zero attached hydrogens (tertiary/aromatic N) is 2. The summed E-state index contributed by atoms with van der Waals surface area (Å²) in [6.07, 6.45) is -0.590. The number of hydrogen-bond donors (Lipinski definition) is 2. The van der Waals surface area contributed by atoms with E-state index in [1.807, 2.05) is 0 Å². The van der Waals surface area contributed by atoms with E-state index in [1.54, 1.807) is 20.8 Å². The van der Waals surface area contributed by atoms with Crippen LogP contribution in [0, 0.1) is 18.6 Å². The van der Waals surface area contributed by atoms with E-state index in [0.717, 1.165) is 23.7 Å². The highest BCUT2D eigenvalue weighted by Crippen LogP contribution is 2.26. The van der Waals surface area contributed by atoms with Crippen molar-refractivity contribution in [1.82, 2.24) is 4.37 Å². The number of hydrazone groups is 1. The Hall–Kier alpha value is -2.55. The minimum atomic E-state index is -0.753. The van der Waals surface area contributed by atoms with Crippen LogP contribution in [0.15, 0.2) is 23.3 Å². The molecule has 0 unspecified atom stereocenters. The standard InChI is InChI=1S/C15H16F2N4O2S/c1-4-23-15(22)18-14-13(9(3)21-24-14)8(2)19-20-12-6-5-10(16)7-11(12)17/h5-7,20H,4H2,1-3H3,(H,18,22)/b19-8+. The Morgan fingerprint density at radius 2 is 2.17 bits per heavy atom. The van der Waals surface area contributed by atoms with Gasteiger partial charge in [-0.05, 0) is 44.4 Å². The predicted octanol–water partition coefficient (Wildman–Crippen LogP) is 4.13. The maximum Gasteiger partial charge on any atom is 0.412 e. The van der Waals surface area contributed by atoms with E-state index in [1.165, 1.54) is 6.07 Å². The molecule has 0 spiro atoms. The number of halogens is 2. The molecular weight excluding hydrogens is 338 g/mol. The number of aryl methyl sites for hydroxylation is 1. The smallest absolute Gasteiger partial charge is 0.412 e. The number of carbonyl (C=O) groups excluding carboxylic acids is 1. The summed E-state index contributed by atoms with van der Waals surface area (Å²) < 4.78 is 35.5. The van der Waals surface area contributed by atoms with Crippen molar-refractivity contribution < 1.29 is 18.3 Å². The average Bonchev–Trinajstić information content (AvgIpc) is 2.87. The van der Waals surface area contributed by atoms with Crippen molar-refractivity contribution in [3.8, 4) is 0 Å². The van der Waals surface area contributed by atoms with Gasteiger partial charge in [-0.25, -0.2) is 13.6 Å². The van der Waals surface area contributed by atoms with Crippen molar-refractivity contribution in [1.29, 1.82) is 0 Å². The van der Waals surface area contributed by atoms with Crippen molar-refractivity contribution in [2.75, 3.05) is 17.3 Å². The van der Waals surface area contributed by atoms with Crippen molar-refractivity contribution in [3.63, 3.8) is 0 Å². The lowest BCUT2D eigenvalue weighted by molar-refractivity contribution is 0.168. The molecule has 6 nitrogen and oxygen atoms in total. The Morgan fingerprint density at radius 1 is 1.42 bits per heavy atom. The molecule has 2 aromatic rings. The first-order valence-corrected chi connectivity index (χ1v) is 7.85. The molecule has 24 heavy (non-hydrogen) atoms. The lowest BCUT2D eigenvalue weighted by atomic mass is 10.2. The Morgan fingerprint density at radius 3 is 2.83 bits per heavy atom. The quantitative estimate of drug-likeness (QED) is 0.625. The number of nitrogens with one attached hydrogen (secondary N) is 2. The number of amides is 1. The number of anilines is 2. The van der Waals surface area contributed by atoms with Crippen LogP contribution in [0.5, 0.6) is 0 Å². The highest BCUT2D eigenvalue weighted by atomic mass is 32.1. The third-order valence-electron chi connectivity index (χ3n) is 2.99. The van der Waals surface area contributed by atoms with E-state index in [9.17, 15) is 13.6 Å². The van der Waals surface area contributed by atoms with Crippen LogP contribution in [0.3, 0.4) is 0 Å².